The standard InChI is InChI=1S/C19H22F3N3O3S/c1-12-18(13(2)24(3)23-12)29(27,28)25-9-5-7-15(11-25)17(26)14-6-4-8-16(10-14)19(20,21)22/h4,6,8,10,15H,5,7,9,11H2,1-3H3/t15-/m0/s1. The van der Waals surface area contributed by atoms with Gasteiger partial charge in [0.05, 0.1) is 17.0 Å². The van der Waals surface area contributed by atoms with Crippen molar-refractivity contribution in [2.24, 2.45) is 13.0 Å². The third-order valence-electron chi connectivity index (χ3n) is 5.27. The molecule has 0 unspecified atom stereocenters. The number of hydrogen-bond acceptors (Lipinski definition) is 4. The Labute approximate surface area is 167 Å². The number of aryl methyl sites for hydroxylation is 2. The van der Waals surface area contributed by atoms with E-state index in [2.05, 4.69) is 5.10 Å². The largest absolute Gasteiger partial charge is 0.416 e. The van der Waals surface area contributed by atoms with Gasteiger partial charge < -0.3 is 0 Å². The van der Waals surface area contributed by atoms with Crippen molar-refractivity contribution in [1.29, 1.82) is 0 Å². The van der Waals surface area contributed by atoms with Gasteiger partial charge in [-0.05, 0) is 38.8 Å². The fraction of sp³-hybridized carbons (Fsp3) is 0.474. The summed E-state index contributed by atoms with van der Waals surface area (Å²) in [5.41, 5.74) is -0.0896. The second-order valence-corrected chi connectivity index (χ2v) is 9.14. The summed E-state index contributed by atoms with van der Waals surface area (Å²) < 4.78 is 67.9. The topological polar surface area (TPSA) is 72.3 Å². The zero-order valence-corrected chi connectivity index (χ0v) is 17.1. The Morgan fingerprint density at radius 2 is 1.93 bits per heavy atom. The molecule has 0 spiro atoms. The number of aromatic nitrogens is 2. The van der Waals surface area contributed by atoms with Gasteiger partial charge in [0.25, 0.3) is 0 Å². The summed E-state index contributed by atoms with van der Waals surface area (Å²) in [6.45, 7) is 3.45. The number of benzene rings is 1. The molecule has 0 N–H and O–H groups in total. The molecule has 2 aromatic rings. The lowest BCUT2D eigenvalue weighted by Crippen LogP contribution is -2.42. The van der Waals surface area contributed by atoms with Crippen LogP contribution >= 0.6 is 0 Å². The summed E-state index contributed by atoms with van der Waals surface area (Å²) in [4.78, 5) is 12.9. The molecule has 1 aromatic heterocycles. The van der Waals surface area contributed by atoms with Gasteiger partial charge in [0, 0.05) is 31.6 Å². The van der Waals surface area contributed by atoms with E-state index in [0.29, 0.717) is 24.2 Å². The van der Waals surface area contributed by atoms with E-state index in [9.17, 15) is 26.4 Å². The molecule has 29 heavy (non-hydrogen) atoms. The molecule has 2 heterocycles. The summed E-state index contributed by atoms with van der Waals surface area (Å²) in [5.74, 6) is -1.17. The Kier molecular flexibility index (Phi) is 5.61. The number of sulfonamides is 1. The van der Waals surface area contributed by atoms with Gasteiger partial charge in [0.1, 0.15) is 4.90 Å². The first-order valence-corrected chi connectivity index (χ1v) is 10.6. The zero-order valence-electron chi connectivity index (χ0n) is 16.3. The molecule has 1 aliphatic rings. The molecule has 0 bridgehead atoms. The minimum absolute atomic E-state index is 0.0576. The molecule has 1 aliphatic heterocycles. The molecule has 1 atom stereocenters. The van der Waals surface area contributed by atoms with Crippen molar-refractivity contribution in [2.45, 2.75) is 37.8 Å². The van der Waals surface area contributed by atoms with Gasteiger partial charge in [-0.2, -0.15) is 22.6 Å². The van der Waals surface area contributed by atoms with Crippen molar-refractivity contribution >= 4 is 15.8 Å². The molecule has 1 fully saturated rings. The SMILES string of the molecule is Cc1nn(C)c(C)c1S(=O)(=O)N1CCC[C@H](C(=O)c2cccc(C(F)(F)F)c2)C1. The van der Waals surface area contributed by atoms with E-state index < -0.39 is 33.5 Å². The molecule has 1 aromatic carbocycles. The van der Waals surface area contributed by atoms with Gasteiger partial charge in [-0.1, -0.05) is 12.1 Å². The lowest BCUT2D eigenvalue weighted by Gasteiger charge is -2.31. The van der Waals surface area contributed by atoms with Crippen LogP contribution in [-0.4, -0.2) is 41.4 Å². The fourth-order valence-corrected chi connectivity index (χ4v) is 5.64. The maximum atomic E-state index is 13.1. The summed E-state index contributed by atoms with van der Waals surface area (Å²) >= 11 is 0. The molecule has 0 saturated carbocycles. The average Bonchev–Trinajstić information content (AvgIpc) is 2.93. The molecule has 0 radical (unpaired) electrons. The first-order chi connectivity index (χ1) is 13.4. The van der Waals surface area contributed by atoms with Crippen LogP contribution < -0.4 is 0 Å². The maximum Gasteiger partial charge on any atom is 0.416 e. The zero-order chi connectivity index (χ0) is 21.6. The molecule has 0 aliphatic carbocycles. The van der Waals surface area contributed by atoms with Crippen LogP contribution in [0.5, 0.6) is 0 Å². The van der Waals surface area contributed by atoms with Gasteiger partial charge in [-0.15, -0.1) is 0 Å². The van der Waals surface area contributed by atoms with Gasteiger partial charge in [0.15, 0.2) is 5.78 Å². The molecule has 3 rings (SSSR count). The number of hydrogen-bond donors (Lipinski definition) is 0. The molecule has 0 amide bonds. The summed E-state index contributed by atoms with van der Waals surface area (Å²) in [6.07, 6.45) is -3.67. The van der Waals surface area contributed by atoms with E-state index in [1.807, 2.05) is 0 Å². The van der Waals surface area contributed by atoms with E-state index in [1.165, 1.54) is 21.1 Å². The molecule has 158 valence electrons. The van der Waals surface area contributed by atoms with Gasteiger partial charge >= 0.3 is 6.18 Å². The van der Waals surface area contributed by atoms with Gasteiger partial charge in [-0.25, -0.2) is 8.42 Å². The number of ketones is 1. The predicted molar refractivity (Wildman–Crippen MR) is 99.9 cm³/mol. The van der Waals surface area contributed by atoms with Crippen LogP contribution in [0.1, 0.15) is 40.2 Å². The van der Waals surface area contributed by atoms with Crippen molar-refractivity contribution in [3.05, 3.63) is 46.8 Å². The second kappa shape index (κ2) is 7.56. The Morgan fingerprint density at radius 3 is 2.52 bits per heavy atom. The number of Topliss-reactive ketones (excluding diaryl/α,β-unsaturated/α-hetero) is 1. The quantitative estimate of drug-likeness (QED) is 0.699. The van der Waals surface area contributed by atoms with E-state index in [-0.39, 0.29) is 23.5 Å². The smallest absolute Gasteiger partial charge is 0.294 e. The predicted octanol–water partition coefficient (Wildman–Crippen LogP) is 3.34. The first kappa shape index (κ1) is 21.5. The van der Waals surface area contributed by atoms with Crippen molar-refractivity contribution in [3.63, 3.8) is 0 Å². The van der Waals surface area contributed by atoms with Crippen LogP contribution in [0.3, 0.4) is 0 Å². The summed E-state index contributed by atoms with van der Waals surface area (Å²) in [6, 6.07) is 4.25. The summed E-state index contributed by atoms with van der Waals surface area (Å²) in [5, 5.41) is 4.14. The van der Waals surface area contributed by atoms with Crippen LogP contribution in [0.2, 0.25) is 0 Å². The number of piperidine rings is 1. The highest BCUT2D eigenvalue weighted by molar-refractivity contribution is 7.89. The molecule has 1 saturated heterocycles. The minimum Gasteiger partial charge on any atom is -0.294 e. The van der Waals surface area contributed by atoms with Crippen LogP contribution in [0.25, 0.3) is 0 Å². The number of nitrogens with zero attached hydrogens (tertiary/aromatic N) is 3. The number of halogens is 3. The molecule has 6 nitrogen and oxygen atoms in total. The lowest BCUT2D eigenvalue weighted by atomic mass is 9.90. The highest BCUT2D eigenvalue weighted by Gasteiger charge is 2.37. The van der Waals surface area contributed by atoms with Crippen LogP contribution in [0.4, 0.5) is 13.2 Å². The Bertz CT molecular complexity index is 1040. The van der Waals surface area contributed by atoms with Gasteiger partial charge in [-0.3, -0.25) is 9.48 Å². The highest BCUT2D eigenvalue weighted by atomic mass is 32.2. The van der Waals surface area contributed by atoms with Crippen molar-refractivity contribution in [3.8, 4) is 0 Å². The van der Waals surface area contributed by atoms with E-state index in [4.69, 9.17) is 0 Å². The van der Waals surface area contributed by atoms with Crippen molar-refractivity contribution in [1.82, 2.24) is 14.1 Å². The minimum atomic E-state index is -4.55. The Balaban J connectivity index is 1.87. The van der Waals surface area contributed by atoms with Crippen molar-refractivity contribution in [2.75, 3.05) is 13.1 Å². The number of alkyl halides is 3. The summed E-state index contributed by atoms with van der Waals surface area (Å²) in [7, 11) is -2.21. The molecular weight excluding hydrogens is 407 g/mol. The third kappa shape index (κ3) is 4.09. The van der Waals surface area contributed by atoms with Crippen LogP contribution in [-0.2, 0) is 23.2 Å². The number of carbonyl (C=O) groups is 1. The first-order valence-electron chi connectivity index (χ1n) is 9.14. The van der Waals surface area contributed by atoms with Crippen molar-refractivity contribution < 1.29 is 26.4 Å². The molecule has 10 heteroatoms. The van der Waals surface area contributed by atoms with E-state index in [1.54, 1.807) is 20.9 Å². The van der Waals surface area contributed by atoms with Gasteiger partial charge in [0.2, 0.25) is 10.0 Å². The van der Waals surface area contributed by atoms with Crippen LogP contribution in [0, 0.1) is 19.8 Å². The Morgan fingerprint density at radius 1 is 1.24 bits per heavy atom. The second-order valence-electron chi connectivity index (χ2n) is 7.27. The lowest BCUT2D eigenvalue weighted by molar-refractivity contribution is -0.137. The average molecular weight is 429 g/mol. The van der Waals surface area contributed by atoms with E-state index in [0.717, 1.165) is 12.1 Å². The van der Waals surface area contributed by atoms with E-state index >= 15 is 0 Å². The Hall–Kier alpha value is -2.20. The van der Waals surface area contributed by atoms with Crippen LogP contribution in [0.15, 0.2) is 29.2 Å². The number of rotatable bonds is 4. The number of carbonyl (C=O) groups excluding carboxylic acids is 1. The normalized spacial score (nSPS) is 18.8. The monoisotopic (exact) mass is 429 g/mol. The highest BCUT2D eigenvalue weighted by Crippen LogP contribution is 2.32. The maximum absolute atomic E-state index is 13.1. The molecular formula is C19H22F3N3O3S. The third-order valence-corrected chi connectivity index (χ3v) is 7.39. The fourth-order valence-electron chi connectivity index (χ4n) is 3.72.